The Morgan fingerprint density at radius 1 is 1.22 bits per heavy atom. The standard InChI is InChI=1S/C26H34N8O2/c1-28-23(16-24-25(32-9-8-31-24)19-30-18-22-17-29-10-15-36-22)20-2-4-21(5-3-20)33-11-13-34(14-12-33)26(35)6-7-27/h2-5,8-9,16,22,28-30H,6,10-15,17-19H2,1H3/b23-16-/t22-/m0/s1. The van der Waals surface area contributed by atoms with Gasteiger partial charge in [0.15, 0.2) is 0 Å². The molecule has 0 bridgehead atoms. The number of hydrogen-bond acceptors (Lipinski definition) is 9. The number of morpholine rings is 1. The number of nitrogens with zero attached hydrogens (tertiary/aromatic N) is 5. The van der Waals surface area contributed by atoms with Gasteiger partial charge in [-0.15, -0.1) is 0 Å². The maximum atomic E-state index is 11.9. The quantitative estimate of drug-likeness (QED) is 0.470. The lowest BCUT2D eigenvalue weighted by atomic mass is 10.1. The minimum Gasteiger partial charge on any atom is -0.388 e. The van der Waals surface area contributed by atoms with Crippen LogP contribution in [-0.2, 0) is 16.1 Å². The molecule has 1 aromatic heterocycles. The highest BCUT2D eigenvalue weighted by Crippen LogP contribution is 2.22. The smallest absolute Gasteiger partial charge is 0.236 e. The highest BCUT2D eigenvalue weighted by Gasteiger charge is 2.21. The summed E-state index contributed by atoms with van der Waals surface area (Å²) in [7, 11) is 1.90. The van der Waals surface area contributed by atoms with E-state index in [0.29, 0.717) is 19.6 Å². The van der Waals surface area contributed by atoms with Gasteiger partial charge < -0.3 is 30.5 Å². The van der Waals surface area contributed by atoms with Crippen LogP contribution in [0, 0.1) is 11.3 Å². The normalized spacial score (nSPS) is 18.6. The summed E-state index contributed by atoms with van der Waals surface area (Å²) < 4.78 is 5.75. The van der Waals surface area contributed by atoms with Crippen molar-refractivity contribution >= 4 is 23.4 Å². The van der Waals surface area contributed by atoms with Gasteiger partial charge in [0.2, 0.25) is 5.91 Å². The van der Waals surface area contributed by atoms with Crippen molar-refractivity contribution in [3.05, 3.63) is 53.6 Å². The summed E-state index contributed by atoms with van der Waals surface area (Å²) in [5, 5.41) is 18.8. The molecule has 190 valence electrons. The average molecular weight is 491 g/mol. The van der Waals surface area contributed by atoms with E-state index in [4.69, 9.17) is 10.00 Å². The molecule has 3 heterocycles. The van der Waals surface area contributed by atoms with Gasteiger partial charge in [0, 0.05) is 83.2 Å². The van der Waals surface area contributed by atoms with Crippen LogP contribution in [0.15, 0.2) is 36.7 Å². The molecule has 0 spiro atoms. The fourth-order valence-electron chi connectivity index (χ4n) is 4.42. The molecule has 0 saturated carbocycles. The van der Waals surface area contributed by atoms with Crippen LogP contribution in [0.3, 0.4) is 0 Å². The van der Waals surface area contributed by atoms with Crippen molar-refractivity contribution in [1.82, 2.24) is 30.8 Å². The van der Waals surface area contributed by atoms with Gasteiger partial charge in [-0.25, -0.2) is 0 Å². The Kier molecular flexibility index (Phi) is 9.21. The summed E-state index contributed by atoms with van der Waals surface area (Å²) in [5.41, 5.74) is 4.82. The van der Waals surface area contributed by atoms with Crippen molar-refractivity contribution in [3.63, 3.8) is 0 Å². The van der Waals surface area contributed by atoms with Crippen molar-refractivity contribution < 1.29 is 9.53 Å². The Morgan fingerprint density at radius 2 is 2.00 bits per heavy atom. The van der Waals surface area contributed by atoms with E-state index in [2.05, 4.69) is 55.1 Å². The number of amides is 1. The lowest BCUT2D eigenvalue weighted by molar-refractivity contribution is -0.130. The van der Waals surface area contributed by atoms with Crippen LogP contribution in [0.1, 0.15) is 23.4 Å². The fraction of sp³-hybridized carbons (Fsp3) is 0.462. The minimum atomic E-state index is -0.0887. The van der Waals surface area contributed by atoms with Gasteiger partial charge in [-0.3, -0.25) is 14.8 Å². The van der Waals surface area contributed by atoms with E-state index in [9.17, 15) is 4.79 Å². The Hall–Kier alpha value is -3.52. The predicted molar refractivity (Wildman–Crippen MR) is 139 cm³/mol. The van der Waals surface area contributed by atoms with Crippen molar-refractivity contribution in [2.24, 2.45) is 0 Å². The number of nitrogens with one attached hydrogen (secondary N) is 3. The number of carbonyl (C=O) groups is 1. The molecule has 1 atom stereocenters. The van der Waals surface area contributed by atoms with Gasteiger partial charge in [-0.2, -0.15) is 5.26 Å². The second kappa shape index (κ2) is 13.0. The number of benzene rings is 1. The highest BCUT2D eigenvalue weighted by molar-refractivity contribution is 5.80. The summed E-state index contributed by atoms with van der Waals surface area (Å²) in [6, 6.07) is 10.3. The van der Waals surface area contributed by atoms with E-state index >= 15 is 0 Å². The molecule has 2 aliphatic heterocycles. The van der Waals surface area contributed by atoms with Crippen molar-refractivity contribution in [3.8, 4) is 6.07 Å². The topological polar surface area (TPSA) is 118 Å². The van der Waals surface area contributed by atoms with E-state index in [0.717, 1.165) is 67.7 Å². The third-order valence-electron chi connectivity index (χ3n) is 6.43. The van der Waals surface area contributed by atoms with E-state index < -0.39 is 0 Å². The molecule has 1 amide bonds. The number of anilines is 1. The number of aromatic nitrogens is 2. The SMILES string of the molecule is CN/C(=C\c1nccnc1CNC[C@@H]1CNCCO1)c1ccc(N2CCN(C(=O)CC#N)CC2)cc1. The molecular weight excluding hydrogens is 456 g/mol. The largest absolute Gasteiger partial charge is 0.388 e. The number of ether oxygens (including phenoxy) is 1. The molecule has 10 heteroatoms. The fourth-order valence-corrected chi connectivity index (χ4v) is 4.42. The minimum absolute atomic E-state index is 0.0518. The van der Waals surface area contributed by atoms with Crippen LogP contribution >= 0.6 is 0 Å². The van der Waals surface area contributed by atoms with Crippen LogP contribution in [-0.4, -0.2) is 86.3 Å². The summed E-state index contributed by atoms with van der Waals surface area (Å²) >= 11 is 0. The Bertz CT molecular complexity index is 1070. The van der Waals surface area contributed by atoms with Crippen LogP contribution < -0.4 is 20.9 Å². The molecule has 4 rings (SSSR count). The van der Waals surface area contributed by atoms with Crippen LogP contribution in [0.2, 0.25) is 0 Å². The first kappa shape index (κ1) is 25.6. The van der Waals surface area contributed by atoms with Gasteiger partial charge in [0.1, 0.15) is 6.42 Å². The molecule has 2 aliphatic rings. The van der Waals surface area contributed by atoms with E-state index in [1.165, 1.54) is 0 Å². The first-order valence-electron chi connectivity index (χ1n) is 12.4. The lowest BCUT2D eigenvalue weighted by Gasteiger charge is -2.36. The lowest BCUT2D eigenvalue weighted by Crippen LogP contribution is -2.48. The molecular formula is C26H34N8O2. The Morgan fingerprint density at radius 3 is 2.69 bits per heavy atom. The van der Waals surface area contributed by atoms with Gasteiger partial charge in [0.05, 0.1) is 30.2 Å². The first-order valence-corrected chi connectivity index (χ1v) is 12.4. The summed E-state index contributed by atoms with van der Waals surface area (Å²) in [6.45, 7) is 6.65. The van der Waals surface area contributed by atoms with Crippen molar-refractivity contribution in [1.29, 1.82) is 5.26 Å². The maximum absolute atomic E-state index is 11.9. The molecule has 0 radical (unpaired) electrons. The number of hydrogen-bond donors (Lipinski definition) is 3. The molecule has 2 saturated heterocycles. The van der Waals surface area contributed by atoms with Gasteiger partial charge in [-0.05, 0) is 23.8 Å². The number of piperazine rings is 1. The highest BCUT2D eigenvalue weighted by atomic mass is 16.5. The van der Waals surface area contributed by atoms with Crippen molar-refractivity contribution in [2.45, 2.75) is 19.1 Å². The summed E-state index contributed by atoms with van der Waals surface area (Å²) in [4.78, 5) is 25.1. The zero-order valence-electron chi connectivity index (χ0n) is 20.7. The van der Waals surface area contributed by atoms with Gasteiger partial charge in [-0.1, -0.05) is 12.1 Å². The van der Waals surface area contributed by atoms with E-state index in [1.54, 1.807) is 17.3 Å². The molecule has 2 fully saturated rings. The Labute approximate surface area is 212 Å². The average Bonchev–Trinajstić information content (AvgIpc) is 2.93. The molecule has 36 heavy (non-hydrogen) atoms. The monoisotopic (exact) mass is 490 g/mol. The van der Waals surface area contributed by atoms with Crippen LogP contribution in [0.25, 0.3) is 11.8 Å². The molecule has 3 N–H and O–H groups in total. The van der Waals surface area contributed by atoms with Gasteiger partial charge >= 0.3 is 0 Å². The third-order valence-corrected chi connectivity index (χ3v) is 6.43. The van der Waals surface area contributed by atoms with E-state index in [1.807, 2.05) is 19.2 Å². The van der Waals surface area contributed by atoms with Crippen LogP contribution in [0.4, 0.5) is 5.69 Å². The maximum Gasteiger partial charge on any atom is 0.236 e. The number of nitriles is 1. The second-order valence-corrected chi connectivity index (χ2v) is 8.77. The van der Waals surface area contributed by atoms with Crippen molar-refractivity contribution in [2.75, 3.05) is 64.4 Å². The number of rotatable bonds is 9. The zero-order valence-corrected chi connectivity index (χ0v) is 20.7. The third kappa shape index (κ3) is 6.79. The number of carbonyl (C=O) groups excluding carboxylic acids is 1. The molecule has 0 unspecified atom stereocenters. The summed E-state index contributed by atoms with van der Waals surface area (Å²) in [6.07, 6.45) is 5.57. The van der Waals surface area contributed by atoms with Gasteiger partial charge in [0.25, 0.3) is 0 Å². The molecule has 10 nitrogen and oxygen atoms in total. The predicted octanol–water partition coefficient (Wildman–Crippen LogP) is 0.834. The summed E-state index contributed by atoms with van der Waals surface area (Å²) in [5.74, 6) is -0.0887. The Balaban J connectivity index is 1.38. The first-order chi connectivity index (χ1) is 17.7. The van der Waals surface area contributed by atoms with E-state index in [-0.39, 0.29) is 18.4 Å². The zero-order chi connectivity index (χ0) is 25.2. The molecule has 0 aliphatic carbocycles. The second-order valence-electron chi connectivity index (χ2n) is 8.77. The molecule has 2 aromatic rings. The van der Waals surface area contributed by atoms with Crippen LogP contribution in [0.5, 0.6) is 0 Å². The molecule has 1 aromatic carbocycles.